The molecule has 2 rings (SSSR count). The second kappa shape index (κ2) is 6.82. The van der Waals surface area contributed by atoms with E-state index in [2.05, 4.69) is 15.6 Å². The summed E-state index contributed by atoms with van der Waals surface area (Å²) in [5.41, 5.74) is 3.01. The number of pyridine rings is 1. The number of hydrogen-bond donors (Lipinski definition) is 2. The number of nitrogens with zero attached hydrogens (tertiary/aromatic N) is 1. The van der Waals surface area contributed by atoms with Gasteiger partial charge in [-0.1, -0.05) is 18.2 Å². The Bertz CT molecular complexity index is 569. The molecule has 0 bridgehead atoms. The number of carbonyl (C=O) groups is 1. The van der Waals surface area contributed by atoms with Gasteiger partial charge in [0.25, 0.3) is 0 Å². The Labute approximate surface area is 119 Å². The second-order valence-corrected chi connectivity index (χ2v) is 4.81. The van der Waals surface area contributed by atoms with Crippen LogP contribution in [0.2, 0.25) is 0 Å². The molecule has 0 saturated heterocycles. The predicted octanol–water partition coefficient (Wildman–Crippen LogP) is 2.68. The molecule has 0 aliphatic heterocycles. The molecule has 2 N–H and O–H groups in total. The van der Waals surface area contributed by atoms with E-state index < -0.39 is 0 Å². The van der Waals surface area contributed by atoms with E-state index in [1.807, 2.05) is 50.2 Å². The van der Waals surface area contributed by atoms with E-state index in [0.717, 1.165) is 16.8 Å². The van der Waals surface area contributed by atoms with E-state index in [1.54, 1.807) is 12.4 Å². The number of hydrogen-bond acceptors (Lipinski definition) is 3. The summed E-state index contributed by atoms with van der Waals surface area (Å²) < 4.78 is 0. The second-order valence-electron chi connectivity index (χ2n) is 4.81. The molecule has 1 unspecified atom stereocenters. The van der Waals surface area contributed by atoms with E-state index in [9.17, 15) is 4.79 Å². The number of aryl methyl sites for hydroxylation is 1. The van der Waals surface area contributed by atoms with Crippen molar-refractivity contribution < 1.29 is 4.79 Å². The molecule has 20 heavy (non-hydrogen) atoms. The van der Waals surface area contributed by atoms with Gasteiger partial charge in [0.2, 0.25) is 5.91 Å². The maximum Gasteiger partial charge on any atom is 0.238 e. The molecule has 2 aromatic rings. The summed E-state index contributed by atoms with van der Waals surface area (Å²) in [5.74, 6) is -0.0497. The zero-order valence-corrected chi connectivity index (χ0v) is 11.8. The van der Waals surface area contributed by atoms with Crippen LogP contribution in [0.5, 0.6) is 0 Å². The normalized spacial score (nSPS) is 11.9. The average Bonchev–Trinajstić information content (AvgIpc) is 2.46. The maximum absolute atomic E-state index is 11.9. The zero-order chi connectivity index (χ0) is 14.4. The SMILES string of the molecule is Cc1cccc(NC(=O)CNC(C)c2cccnc2)c1. The molecular formula is C16H19N3O. The van der Waals surface area contributed by atoms with Crippen molar-refractivity contribution in [3.63, 3.8) is 0 Å². The topological polar surface area (TPSA) is 54.0 Å². The van der Waals surface area contributed by atoms with Crippen molar-refractivity contribution in [2.75, 3.05) is 11.9 Å². The third-order valence-corrected chi connectivity index (χ3v) is 3.06. The average molecular weight is 269 g/mol. The van der Waals surface area contributed by atoms with Gasteiger partial charge in [-0.25, -0.2) is 0 Å². The minimum absolute atomic E-state index is 0.0497. The van der Waals surface area contributed by atoms with Crippen molar-refractivity contribution in [1.82, 2.24) is 10.3 Å². The van der Waals surface area contributed by atoms with Crippen molar-refractivity contribution in [1.29, 1.82) is 0 Å². The van der Waals surface area contributed by atoms with Gasteiger partial charge < -0.3 is 10.6 Å². The summed E-state index contributed by atoms with van der Waals surface area (Å²) in [7, 11) is 0. The molecule has 1 aromatic carbocycles. The van der Waals surface area contributed by atoms with Crippen LogP contribution in [0.4, 0.5) is 5.69 Å². The lowest BCUT2D eigenvalue weighted by molar-refractivity contribution is -0.115. The van der Waals surface area contributed by atoms with Gasteiger partial charge >= 0.3 is 0 Å². The molecule has 0 radical (unpaired) electrons. The van der Waals surface area contributed by atoms with Gasteiger partial charge in [0, 0.05) is 24.1 Å². The Kier molecular flexibility index (Phi) is 4.85. The summed E-state index contributed by atoms with van der Waals surface area (Å²) in [6.45, 7) is 4.28. The third kappa shape index (κ3) is 4.17. The monoisotopic (exact) mass is 269 g/mol. The molecular weight excluding hydrogens is 250 g/mol. The van der Waals surface area contributed by atoms with Gasteiger partial charge in [0.05, 0.1) is 6.54 Å². The standard InChI is InChI=1S/C16H19N3O/c1-12-5-3-7-15(9-12)19-16(20)11-18-13(2)14-6-4-8-17-10-14/h3-10,13,18H,11H2,1-2H3,(H,19,20). The molecule has 0 aliphatic carbocycles. The van der Waals surface area contributed by atoms with Crippen LogP contribution in [-0.4, -0.2) is 17.4 Å². The molecule has 4 heteroatoms. The van der Waals surface area contributed by atoms with Crippen molar-refractivity contribution in [2.45, 2.75) is 19.9 Å². The molecule has 1 heterocycles. The van der Waals surface area contributed by atoms with E-state index in [0.29, 0.717) is 0 Å². The summed E-state index contributed by atoms with van der Waals surface area (Å²) in [4.78, 5) is 15.9. The fourth-order valence-electron chi connectivity index (χ4n) is 1.92. The first kappa shape index (κ1) is 14.2. The molecule has 1 amide bonds. The van der Waals surface area contributed by atoms with Crippen LogP contribution < -0.4 is 10.6 Å². The fourth-order valence-corrected chi connectivity index (χ4v) is 1.92. The number of amides is 1. The van der Waals surface area contributed by atoms with Gasteiger partial charge in [-0.2, -0.15) is 0 Å². The number of nitrogens with one attached hydrogen (secondary N) is 2. The highest BCUT2D eigenvalue weighted by Gasteiger charge is 2.07. The highest BCUT2D eigenvalue weighted by Crippen LogP contribution is 2.11. The first-order chi connectivity index (χ1) is 9.65. The van der Waals surface area contributed by atoms with E-state index in [1.165, 1.54) is 0 Å². The van der Waals surface area contributed by atoms with Crippen molar-refractivity contribution >= 4 is 11.6 Å². The van der Waals surface area contributed by atoms with Crippen LogP contribution in [0.3, 0.4) is 0 Å². The highest BCUT2D eigenvalue weighted by atomic mass is 16.1. The lowest BCUT2D eigenvalue weighted by atomic mass is 10.1. The van der Waals surface area contributed by atoms with Gasteiger partial charge in [0.1, 0.15) is 0 Å². The van der Waals surface area contributed by atoms with Crippen LogP contribution in [0.25, 0.3) is 0 Å². The number of carbonyl (C=O) groups excluding carboxylic acids is 1. The Morgan fingerprint density at radius 1 is 1.30 bits per heavy atom. The first-order valence-electron chi connectivity index (χ1n) is 6.65. The lowest BCUT2D eigenvalue weighted by Crippen LogP contribution is -2.30. The highest BCUT2D eigenvalue weighted by molar-refractivity contribution is 5.92. The predicted molar refractivity (Wildman–Crippen MR) is 80.5 cm³/mol. The van der Waals surface area contributed by atoms with Crippen LogP contribution >= 0.6 is 0 Å². The minimum Gasteiger partial charge on any atom is -0.325 e. The van der Waals surface area contributed by atoms with Crippen LogP contribution in [-0.2, 0) is 4.79 Å². The Balaban J connectivity index is 1.83. The summed E-state index contributed by atoms with van der Waals surface area (Å²) in [6, 6.07) is 11.7. The lowest BCUT2D eigenvalue weighted by Gasteiger charge is -2.13. The zero-order valence-electron chi connectivity index (χ0n) is 11.8. The largest absolute Gasteiger partial charge is 0.325 e. The van der Waals surface area contributed by atoms with Gasteiger partial charge in [-0.05, 0) is 43.2 Å². The number of rotatable bonds is 5. The third-order valence-electron chi connectivity index (χ3n) is 3.06. The molecule has 0 fully saturated rings. The van der Waals surface area contributed by atoms with Crippen LogP contribution in [0, 0.1) is 6.92 Å². The van der Waals surface area contributed by atoms with Crippen molar-refractivity contribution in [2.24, 2.45) is 0 Å². The Hall–Kier alpha value is -2.20. The molecule has 1 atom stereocenters. The van der Waals surface area contributed by atoms with E-state index in [-0.39, 0.29) is 18.5 Å². The Morgan fingerprint density at radius 2 is 2.15 bits per heavy atom. The van der Waals surface area contributed by atoms with Crippen LogP contribution in [0.15, 0.2) is 48.8 Å². The minimum atomic E-state index is -0.0497. The van der Waals surface area contributed by atoms with Crippen molar-refractivity contribution in [3.05, 3.63) is 59.9 Å². The van der Waals surface area contributed by atoms with Gasteiger partial charge in [-0.15, -0.1) is 0 Å². The molecule has 4 nitrogen and oxygen atoms in total. The first-order valence-corrected chi connectivity index (χ1v) is 6.65. The maximum atomic E-state index is 11.9. The molecule has 0 spiro atoms. The number of benzene rings is 1. The summed E-state index contributed by atoms with van der Waals surface area (Å²) >= 11 is 0. The van der Waals surface area contributed by atoms with Gasteiger partial charge in [-0.3, -0.25) is 9.78 Å². The number of anilines is 1. The number of aromatic nitrogens is 1. The fraction of sp³-hybridized carbons (Fsp3) is 0.250. The molecule has 0 aliphatic rings. The Morgan fingerprint density at radius 3 is 2.85 bits per heavy atom. The summed E-state index contributed by atoms with van der Waals surface area (Å²) in [5, 5.41) is 6.05. The van der Waals surface area contributed by atoms with Crippen molar-refractivity contribution in [3.8, 4) is 0 Å². The summed E-state index contributed by atoms with van der Waals surface area (Å²) in [6.07, 6.45) is 3.54. The molecule has 104 valence electrons. The molecule has 1 aromatic heterocycles. The van der Waals surface area contributed by atoms with E-state index >= 15 is 0 Å². The van der Waals surface area contributed by atoms with E-state index in [4.69, 9.17) is 0 Å². The molecule has 0 saturated carbocycles. The van der Waals surface area contributed by atoms with Crippen LogP contribution in [0.1, 0.15) is 24.1 Å². The quantitative estimate of drug-likeness (QED) is 0.877. The van der Waals surface area contributed by atoms with Gasteiger partial charge in [0.15, 0.2) is 0 Å². The smallest absolute Gasteiger partial charge is 0.238 e.